The molecule has 2 amide bonds. The van der Waals surface area contributed by atoms with Crippen molar-refractivity contribution in [1.82, 2.24) is 15.1 Å². The number of hydrogen-bond donors (Lipinski definition) is 1. The molecule has 0 aliphatic carbocycles. The van der Waals surface area contributed by atoms with Gasteiger partial charge >= 0.3 is 0 Å². The maximum absolute atomic E-state index is 12.5. The van der Waals surface area contributed by atoms with E-state index in [9.17, 15) is 9.59 Å². The minimum absolute atomic E-state index is 0.00578. The molecule has 110 valence electrons. The van der Waals surface area contributed by atoms with Crippen LogP contribution < -0.4 is 5.32 Å². The SMILES string of the molecule is CCC(C)C1NC(=O)CCN(CCCN(C)C)C1=O. The number of rotatable bonds is 6. The molecule has 0 bridgehead atoms. The highest BCUT2D eigenvalue weighted by Crippen LogP contribution is 2.14. The van der Waals surface area contributed by atoms with Crippen LogP contribution in [0.25, 0.3) is 0 Å². The molecule has 0 aromatic carbocycles. The van der Waals surface area contributed by atoms with Crippen molar-refractivity contribution in [3.8, 4) is 0 Å². The van der Waals surface area contributed by atoms with E-state index in [1.807, 2.05) is 32.8 Å². The Morgan fingerprint density at radius 1 is 1.42 bits per heavy atom. The van der Waals surface area contributed by atoms with Crippen LogP contribution in [-0.2, 0) is 9.59 Å². The lowest BCUT2D eigenvalue weighted by Gasteiger charge is -2.27. The van der Waals surface area contributed by atoms with E-state index in [0.717, 1.165) is 25.9 Å². The van der Waals surface area contributed by atoms with Gasteiger partial charge in [0.2, 0.25) is 11.8 Å². The van der Waals surface area contributed by atoms with Crippen molar-refractivity contribution < 1.29 is 9.59 Å². The molecule has 19 heavy (non-hydrogen) atoms. The summed E-state index contributed by atoms with van der Waals surface area (Å²) in [7, 11) is 4.05. The second-order valence-electron chi connectivity index (χ2n) is 5.66. The normalized spacial score (nSPS) is 22.4. The van der Waals surface area contributed by atoms with E-state index in [2.05, 4.69) is 10.2 Å². The van der Waals surface area contributed by atoms with Gasteiger partial charge in [-0.25, -0.2) is 0 Å². The van der Waals surface area contributed by atoms with Crippen LogP contribution in [-0.4, -0.2) is 61.4 Å². The van der Waals surface area contributed by atoms with E-state index < -0.39 is 0 Å². The van der Waals surface area contributed by atoms with Crippen molar-refractivity contribution in [3.63, 3.8) is 0 Å². The summed E-state index contributed by atoms with van der Waals surface area (Å²) in [5.74, 6) is 0.263. The predicted molar refractivity (Wildman–Crippen MR) is 75.8 cm³/mol. The van der Waals surface area contributed by atoms with Gasteiger partial charge in [-0.2, -0.15) is 0 Å². The van der Waals surface area contributed by atoms with Crippen molar-refractivity contribution in [2.45, 2.75) is 39.2 Å². The second kappa shape index (κ2) is 7.48. The Kier molecular flexibility index (Phi) is 6.28. The Balaban J connectivity index is 2.64. The Bertz CT molecular complexity index is 318. The average Bonchev–Trinajstić information content (AvgIpc) is 2.50. The van der Waals surface area contributed by atoms with Crippen molar-refractivity contribution in [2.75, 3.05) is 33.7 Å². The Hall–Kier alpha value is -1.10. The van der Waals surface area contributed by atoms with E-state index in [1.54, 1.807) is 0 Å². The molecule has 2 unspecified atom stereocenters. The highest BCUT2D eigenvalue weighted by Gasteiger charge is 2.32. The number of nitrogens with zero attached hydrogens (tertiary/aromatic N) is 2. The van der Waals surface area contributed by atoms with Crippen molar-refractivity contribution in [3.05, 3.63) is 0 Å². The molecule has 0 spiro atoms. The first-order valence-electron chi connectivity index (χ1n) is 7.18. The highest BCUT2D eigenvalue weighted by atomic mass is 16.2. The summed E-state index contributed by atoms with van der Waals surface area (Å²) < 4.78 is 0. The van der Waals surface area contributed by atoms with Crippen LogP contribution in [0.3, 0.4) is 0 Å². The van der Waals surface area contributed by atoms with Crippen LogP contribution in [0.1, 0.15) is 33.1 Å². The third kappa shape index (κ3) is 4.82. The molecule has 1 aliphatic rings. The molecule has 5 heteroatoms. The van der Waals surface area contributed by atoms with Gasteiger partial charge in [0.05, 0.1) is 0 Å². The molecule has 0 aromatic heterocycles. The summed E-state index contributed by atoms with van der Waals surface area (Å²) in [6, 6.07) is -0.348. The molecule has 1 rings (SSSR count). The third-order valence-electron chi connectivity index (χ3n) is 3.75. The molecule has 0 radical (unpaired) electrons. The number of amides is 2. The average molecular weight is 269 g/mol. The van der Waals surface area contributed by atoms with E-state index in [0.29, 0.717) is 13.0 Å². The summed E-state index contributed by atoms with van der Waals surface area (Å²) in [6.07, 6.45) is 2.25. The minimum Gasteiger partial charge on any atom is -0.344 e. The lowest BCUT2D eigenvalue weighted by molar-refractivity contribution is -0.135. The van der Waals surface area contributed by atoms with E-state index in [1.165, 1.54) is 0 Å². The van der Waals surface area contributed by atoms with Gasteiger partial charge in [0.25, 0.3) is 0 Å². The minimum atomic E-state index is -0.348. The number of carbonyl (C=O) groups excluding carboxylic acids is 2. The number of nitrogens with one attached hydrogen (secondary N) is 1. The number of hydrogen-bond acceptors (Lipinski definition) is 3. The third-order valence-corrected chi connectivity index (χ3v) is 3.75. The molecule has 1 saturated heterocycles. The van der Waals surface area contributed by atoms with Gasteiger partial charge < -0.3 is 15.1 Å². The lowest BCUT2D eigenvalue weighted by Crippen LogP contribution is -2.48. The second-order valence-corrected chi connectivity index (χ2v) is 5.66. The Labute approximate surface area is 116 Å². The largest absolute Gasteiger partial charge is 0.344 e. The molecular weight excluding hydrogens is 242 g/mol. The zero-order valence-corrected chi connectivity index (χ0v) is 12.6. The fourth-order valence-corrected chi connectivity index (χ4v) is 2.27. The van der Waals surface area contributed by atoms with Gasteiger partial charge in [0.1, 0.15) is 6.04 Å². The smallest absolute Gasteiger partial charge is 0.245 e. The highest BCUT2D eigenvalue weighted by molar-refractivity contribution is 5.90. The van der Waals surface area contributed by atoms with Crippen LogP contribution in [0.4, 0.5) is 0 Å². The van der Waals surface area contributed by atoms with Gasteiger partial charge in [-0.3, -0.25) is 9.59 Å². The summed E-state index contributed by atoms with van der Waals surface area (Å²) in [5, 5.41) is 2.87. The molecule has 1 aliphatic heterocycles. The molecule has 0 aromatic rings. The van der Waals surface area contributed by atoms with E-state index in [-0.39, 0.29) is 23.8 Å². The first-order valence-corrected chi connectivity index (χ1v) is 7.18. The van der Waals surface area contributed by atoms with Crippen molar-refractivity contribution in [2.24, 2.45) is 5.92 Å². The number of carbonyl (C=O) groups is 2. The monoisotopic (exact) mass is 269 g/mol. The molecule has 1 heterocycles. The maximum Gasteiger partial charge on any atom is 0.245 e. The summed E-state index contributed by atoms with van der Waals surface area (Å²) in [5.41, 5.74) is 0. The first-order chi connectivity index (χ1) is 8.95. The molecule has 1 N–H and O–H groups in total. The topological polar surface area (TPSA) is 52.7 Å². The molecule has 5 nitrogen and oxygen atoms in total. The fourth-order valence-electron chi connectivity index (χ4n) is 2.27. The predicted octanol–water partition coefficient (Wildman–Crippen LogP) is 0.701. The first kappa shape index (κ1) is 16.0. The quantitative estimate of drug-likeness (QED) is 0.772. The molecule has 2 atom stereocenters. The van der Waals surface area contributed by atoms with Gasteiger partial charge in [-0.1, -0.05) is 20.3 Å². The standard InChI is InChI=1S/C14H27N3O2/c1-5-11(2)13-14(19)17(9-6-8-16(3)4)10-7-12(18)15-13/h11,13H,5-10H2,1-4H3,(H,15,18). The fraction of sp³-hybridized carbons (Fsp3) is 0.857. The maximum atomic E-state index is 12.5. The van der Waals surface area contributed by atoms with Crippen LogP contribution >= 0.6 is 0 Å². The molecular formula is C14H27N3O2. The zero-order valence-electron chi connectivity index (χ0n) is 12.6. The summed E-state index contributed by atoms with van der Waals surface area (Å²) in [6.45, 7) is 6.31. The van der Waals surface area contributed by atoms with Crippen LogP contribution in [0.15, 0.2) is 0 Å². The van der Waals surface area contributed by atoms with Gasteiger partial charge in [-0.05, 0) is 33.0 Å². The van der Waals surface area contributed by atoms with Crippen molar-refractivity contribution >= 4 is 11.8 Å². The van der Waals surface area contributed by atoms with E-state index in [4.69, 9.17) is 0 Å². The Morgan fingerprint density at radius 2 is 2.11 bits per heavy atom. The van der Waals surface area contributed by atoms with Gasteiger partial charge in [0, 0.05) is 19.5 Å². The molecule has 0 saturated carbocycles. The van der Waals surface area contributed by atoms with Crippen LogP contribution in [0.2, 0.25) is 0 Å². The van der Waals surface area contributed by atoms with Gasteiger partial charge in [-0.15, -0.1) is 0 Å². The van der Waals surface area contributed by atoms with E-state index >= 15 is 0 Å². The van der Waals surface area contributed by atoms with Crippen LogP contribution in [0.5, 0.6) is 0 Å². The van der Waals surface area contributed by atoms with Crippen molar-refractivity contribution in [1.29, 1.82) is 0 Å². The lowest BCUT2D eigenvalue weighted by atomic mass is 9.98. The summed E-state index contributed by atoms with van der Waals surface area (Å²) in [4.78, 5) is 28.1. The Morgan fingerprint density at radius 3 is 2.68 bits per heavy atom. The van der Waals surface area contributed by atoms with Gasteiger partial charge in [0.15, 0.2) is 0 Å². The van der Waals surface area contributed by atoms with Crippen LogP contribution in [0, 0.1) is 5.92 Å². The summed E-state index contributed by atoms with van der Waals surface area (Å²) >= 11 is 0. The zero-order chi connectivity index (χ0) is 14.4. The molecule has 1 fully saturated rings.